The molecule has 6 heteroatoms. The Balaban J connectivity index is 1.76. The number of benzene rings is 2. The van der Waals surface area contributed by atoms with E-state index in [-0.39, 0.29) is 12.5 Å². The largest absolute Gasteiger partial charge is 0.375 e. The zero-order valence-electron chi connectivity index (χ0n) is 11.7. The summed E-state index contributed by atoms with van der Waals surface area (Å²) in [4.78, 5) is 11.8. The molecule has 0 aliphatic heterocycles. The number of hydrogen-bond donors (Lipinski definition) is 2. The van der Waals surface area contributed by atoms with Crippen molar-refractivity contribution >= 4 is 46.4 Å². The minimum absolute atomic E-state index is 0.113. The van der Waals surface area contributed by atoms with E-state index in [0.29, 0.717) is 28.0 Å². The van der Waals surface area contributed by atoms with Crippen LogP contribution in [-0.2, 0) is 11.2 Å². The normalized spacial score (nSPS) is 10.3. The Bertz CT molecular complexity index is 662. The molecule has 0 saturated heterocycles. The van der Waals surface area contributed by atoms with Crippen LogP contribution in [0.25, 0.3) is 0 Å². The summed E-state index contributed by atoms with van der Waals surface area (Å²) < 4.78 is 0. The first-order valence-electron chi connectivity index (χ1n) is 6.76. The highest BCUT2D eigenvalue weighted by molar-refractivity contribution is 6.42. The predicted molar refractivity (Wildman–Crippen MR) is 93.1 cm³/mol. The quantitative estimate of drug-likeness (QED) is 0.803. The maximum absolute atomic E-state index is 11.8. The van der Waals surface area contributed by atoms with Gasteiger partial charge in [0.25, 0.3) is 0 Å². The fraction of sp³-hybridized carbons (Fsp3) is 0.188. The van der Waals surface area contributed by atoms with Gasteiger partial charge in [-0.05, 0) is 30.2 Å². The smallest absolute Gasteiger partial charge is 0.239 e. The van der Waals surface area contributed by atoms with Gasteiger partial charge in [0, 0.05) is 6.54 Å². The van der Waals surface area contributed by atoms with Crippen molar-refractivity contribution < 1.29 is 4.79 Å². The van der Waals surface area contributed by atoms with Crippen molar-refractivity contribution in [1.82, 2.24) is 5.32 Å². The predicted octanol–water partition coefficient (Wildman–Crippen LogP) is 4.42. The lowest BCUT2D eigenvalue weighted by Gasteiger charge is -2.10. The van der Waals surface area contributed by atoms with Crippen molar-refractivity contribution in [2.24, 2.45) is 0 Å². The fourth-order valence-electron chi connectivity index (χ4n) is 1.92. The molecule has 0 aliphatic carbocycles. The van der Waals surface area contributed by atoms with E-state index in [0.717, 1.165) is 11.3 Å². The standard InChI is InChI=1S/C16H15Cl3N2O/c17-12-5-1-2-7-14(12)21-10-15(22)20-9-8-11-4-3-6-13(18)16(11)19/h1-7,21H,8-10H2,(H,20,22). The van der Waals surface area contributed by atoms with E-state index in [2.05, 4.69) is 10.6 Å². The van der Waals surface area contributed by atoms with Crippen LogP contribution in [0, 0.1) is 0 Å². The molecular formula is C16H15Cl3N2O. The second kappa shape index (κ2) is 8.28. The Labute approximate surface area is 144 Å². The molecule has 0 aliphatic rings. The van der Waals surface area contributed by atoms with Crippen LogP contribution in [0.2, 0.25) is 15.1 Å². The first-order valence-corrected chi connectivity index (χ1v) is 7.89. The molecule has 0 atom stereocenters. The monoisotopic (exact) mass is 356 g/mol. The third-order valence-corrected chi connectivity index (χ3v) is 4.25. The van der Waals surface area contributed by atoms with Gasteiger partial charge >= 0.3 is 0 Å². The molecule has 0 spiro atoms. The van der Waals surface area contributed by atoms with Crippen LogP contribution >= 0.6 is 34.8 Å². The van der Waals surface area contributed by atoms with Gasteiger partial charge < -0.3 is 10.6 Å². The number of hydrogen-bond acceptors (Lipinski definition) is 2. The average molecular weight is 358 g/mol. The van der Waals surface area contributed by atoms with Crippen molar-refractivity contribution in [2.45, 2.75) is 6.42 Å². The third kappa shape index (κ3) is 4.80. The number of carbonyl (C=O) groups excluding carboxylic acids is 1. The van der Waals surface area contributed by atoms with Crippen LogP contribution in [0.1, 0.15) is 5.56 Å². The van der Waals surface area contributed by atoms with Crippen LogP contribution in [0.5, 0.6) is 0 Å². The van der Waals surface area contributed by atoms with E-state index < -0.39 is 0 Å². The van der Waals surface area contributed by atoms with E-state index in [1.165, 1.54) is 0 Å². The fourth-order valence-corrected chi connectivity index (χ4v) is 2.54. The van der Waals surface area contributed by atoms with E-state index in [9.17, 15) is 4.79 Å². The second-order valence-electron chi connectivity index (χ2n) is 4.65. The van der Waals surface area contributed by atoms with Gasteiger partial charge in [0.05, 0.1) is 27.3 Å². The Morgan fingerprint density at radius 1 is 0.955 bits per heavy atom. The highest BCUT2D eigenvalue weighted by atomic mass is 35.5. The van der Waals surface area contributed by atoms with Gasteiger partial charge in [-0.2, -0.15) is 0 Å². The van der Waals surface area contributed by atoms with Crippen LogP contribution < -0.4 is 10.6 Å². The lowest BCUT2D eigenvalue weighted by Crippen LogP contribution is -2.31. The minimum Gasteiger partial charge on any atom is -0.375 e. The highest BCUT2D eigenvalue weighted by Crippen LogP contribution is 2.25. The number of para-hydroxylation sites is 1. The molecule has 0 saturated carbocycles. The highest BCUT2D eigenvalue weighted by Gasteiger charge is 2.06. The van der Waals surface area contributed by atoms with Gasteiger partial charge in [0.2, 0.25) is 5.91 Å². The second-order valence-corrected chi connectivity index (χ2v) is 5.84. The van der Waals surface area contributed by atoms with E-state index in [1.54, 1.807) is 12.1 Å². The number of amides is 1. The first-order chi connectivity index (χ1) is 10.6. The van der Waals surface area contributed by atoms with Crippen LogP contribution in [0.4, 0.5) is 5.69 Å². The number of anilines is 1. The number of nitrogens with one attached hydrogen (secondary N) is 2. The average Bonchev–Trinajstić information content (AvgIpc) is 2.51. The van der Waals surface area contributed by atoms with Gasteiger partial charge in [-0.3, -0.25) is 4.79 Å². The molecule has 2 rings (SSSR count). The molecule has 3 nitrogen and oxygen atoms in total. The van der Waals surface area contributed by atoms with Crippen LogP contribution in [0.3, 0.4) is 0 Å². The first kappa shape index (κ1) is 16.9. The molecule has 2 aromatic carbocycles. The summed E-state index contributed by atoms with van der Waals surface area (Å²) in [6.07, 6.45) is 0.622. The van der Waals surface area contributed by atoms with Gasteiger partial charge in [0.1, 0.15) is 0 Å². The van der Waals surface area contributed by atoms with E-state index in [1.807, 2.05) is 30.3 Å². The Kier molecular flexibility index (Phi) is 6.37. The lowest BCUT2D eigenvalue weighted by atomic mass is 10.1. The molecule has 2 aromatic rings. The van der Waals surface area contributed by atoms with Crippen molar-refractivity contribution in [3.63, 3.8) is 0 Å². The summed E-state index contributed by atoms with van der Waals surface area (Å²) in [5.41, 5.74) is 1.64. The summed E-state index contributed by atoms with van der Waals surface area (Å²) in [5.74, 6) is -0.113. The minimum atomic E-state index is -0.113. The van der Waals surface area contributed by atoms with Crippen molar-refractivity contribution in [1.29, 1.82) is 0 Å². The SMILES string of the molecule is O=C(CNc1ccccc1Cl)NCCc1cccc(Cl)c1Cl. The van der Waals surface area contributed by atoms with Gasteiger partial charge in [0.15, 0.2) is 0 Å². The topological polar surface area (TPSA) is 41.1 Å². The Hall–Kier alpha value is -1.42. The molecule has 1 amide bonds. The molecule has 116 valence electrons. The van der Waals surface area contributed by atoms with Gasteiger partial charge in [-0.25, -0.2) is 0 Å². The maximum Gasteiger partial charge on any atom is 0.239 e. The van der Waals surface area contributed by atoms with Gasteiger partial charge in [-0.15, -0.1) is 0 Å². The van der Waals surface area contributed by atoms with Crippen molar-refractivity contribution in [2.75, 3.05) is 18.4 Å². The molecule has 2 N–H and O–H groups in total. The summed E-state index contributed by atoms with van der Waals surface area (Å²) in [6, 6.07) is 12.7. The van der Waals surface area contributed by atoms with E-state index in [4.69, 9.17) is 34.8 Å². The third-order valence-electron chi connectivity index (χ3n) is 3.06. The van der Waals surface area contributed by atoms with Crippen molar-refractivity contribution in [3.05, 3.63) is 63.1 Å². The molecule has 0 bridgehead atoms. The Morgan fingerprint density at radius 3 is 2.45 bits per heavy atom. The molecule has 0 radical (unpaired) electrons. The molecular weight excluding hydrogens is 343 g/mol. The summed E-state index contributed by atoms with van der Waals surface area (Å²) >= 11 is 18.0. The number of rotatable bonds is 6. The summed E-state index contributed by atoms with van der Waals surface area (Å²) in [6.45, 7) is 0.649. The zero-order valence-corrected chi connectivity index (χ0v) is 14.0. The zero-order chi connectivity index (χ0) is 15.9. The Morgan fingerprint density at radius 2 is 1.68 bits per heavy atom. The summed E-state index contributed by atoms with van der Waals surface area (Å²) in [5, 5.41) is 7.45. The van der Waals surface area contributed by atoms with Crippen molar-refractivity contribution in [3.8, 4) is 0 Å². The molecule has 0 heterocycles. The summed E-state index contributed by atoms with van der Waals surface area (Å²) in [7, 11) is 0. The molecule has 0 aromatic heterocycles. The molecule has 0 unspecified atom stereocenters. The molecule has 22 heavy (non-hydrogen) atoms. The number of halogens is 3. The van der Waals surface area contributed by atoms with E-state index >= 15 is 0 Å². The lowest BCUT2D eigenvalue weighted by molar-refractivity contribution is -0.119. The molecule has 0 fully saturated rings. The number of carbonyl (C=O) groups is 1. The maximum atomic E-state index is 11.8. The van der Waals surface area contributed by atoms with Crippen LogP contribution in [-0.4, -0.2) is 19.0 Å². The van der Waals surface area contributed by atoms with Crippen LogP contribution in [0.15, 0.2) is 42.5 Å². The van der Waals surface area contributed by atoms with Gasteiger partial charge in [-0.1, -0.05) is 59.1 Å².